The SMILES string of the molecule is CCOCCCN(CC(=O)N(Cc1ccc(F)cc1)Cc1ccc(C)o1)C(=O)c1cccc(F)c1. The largest absolute Gasteiger partial charge is 0.464 e. The van der Waals surface area contributed by atoms with Gasteiger partial charge >= 0.3 is 0 Å². The molecule has 35 heavy (non-hydrogen) atoms. The molecule has 186 valence electrons. The smallest absolute Gasteiger partial charge is 0.254 e. The summed E-state index contributed by atoms with van der Waals surface area (Å²) in [5, 5.41) is 0. The van der Waals surface area contributed by atoms with Gasteiger partial charge in [-0.15, -0.1) is 0 Å². The summed E-state index contributed by atoms with van der Waals surface area (Å²) in [7, 11) is 0. The van der Waals surface area contributed by atoms with Gasteiger partial charge in [0.05, 0.1) is 6.54 Å². The number of hydrogen-bond donors (Lipinski definition) is 0. The Kier molecular flexibility index (Phi) is 9.55. The van der Waals surface area contributed by atoms with Crippen molar-refractivity contribution in [3.63, 3.8) is 0 Å². The van der Waals surface area contributed by atoms with E-state index >= 15 is 0 Å². The summed E-state index contributed by atoms with van der Waals surface area (Å²) in [6, 6.07) is 14.9. The molecule has 0 aliphatic heterocycles. The first-order chi connectivity index (χ1) is 16.9. The lowest BCUT2D eigenvalue weighted by molar-refractivity contribution is -0.133. The Labute approximate surface area is 204 Å². The molecule has 3 rings (SSSR count). The van der Waals surface area contributed by atoms with Crippen molar-refractivity contribution in [2.75, 3.05) is 26.3 Å². The van der Waals surface area contributed by atoms with E-state index in [9.17, 15) is 18.4 Å². The third kappa shape index (κ3) is 8.03. The number of ether oxygens (including phenoxy) is 1. The normalized spacial score (nSPS) is 10.9. The predicted molar refractivity (Wildman–Crippen MR) is 128 cm³/mol. The lowest BCUT2D eigenvalue weighted by Crippen LogP contribution is -2.43. The highest BCUT2D eigenvalue weighted by atomic mass is 19.1. The van der Waals surface area contributed by atoms with Crippen molar-refractivity contribution < 1.29 is 27.5 Å². The summed E-state index contributed by atoms with van der Waals surface area (Å²) in [5.74, 6) is -0.336. The van der Waals surface area contributed by atoms with Gasteiger partial charge < -0.3 is 19.0 Å². The highest BCUT2D eigenvalue weighted by Crippen LogP contribution is 2.15. The molecule has 0 aliphatic carbocycles. The zero-order chi connectivity index (χ0) is 25.2. The highest BCUT2D eigenvalue weighted by Gasteiger charge is 2.23. The van der Waals surface area contributed by atoms with Crippen LogP contribution in [0.5, 0.6) is 0 Å². The van der Waals surface area contributed by atoms with Gasteiger partial charge in [-0.1, -0.05) is 18.2 Å². The Morgan fingerprint density at radius 1 is 0.943 bits per heavy atom. The molecule has 3 aromatic rings. The topological polar surface area (TPSA) is 63.0 Å². The minimum atomic E-state index is -0.525. The quantitative estimate of drug-likeness (QED) is 0.341. The first kappa shape index (κ1) is 26.1. The Morgan fingerprint density at radius 3 is 2.37 bits per heavy atom. The Balaban J connectivity index is 1.80. The molecule has 0 bridgehead atoms. The minimum Gasteiger partial charge on any atom is -0.464 e. The number of hydrogen-bond acceptors (Lipinski definition) is 4. The van der Waals surface area contributed by atoms with Crippen molar-refractivity contribution in [2.24, 2.45) is 0 Å². The second-order valence-corrected chi connectivity index (χ2v) is 8.18. The van der Waals surface area contributed by atoms with E-state index in [1.54, 1.807) is 23.1 Å². The Hall–Kier alpha value is -3.52. The summed E-state index contributed by atoms with van der Waals surface area (Å²) in [4.78, 5) is 29.6. The minimum absolute atomic E-state index is 0.168. The average molecular weight is 485 g/mol. The van der Waals surface area contributed by atoms with Gasteiger partial charge in [0.25, 0.3) is 5.91 Å². The van der Waals surface area contributed by atoms with Crippen molar-refractivity contribution in [3.8, 4) is 0 Å². The number of rotatable bonds is 12. The van der Waals surface area contributed by atoms with Gasteiger partial charge in [0.2, 0.25) is 5.91 Å². The van der Waals surface area contributed by atoms with E-state index in [0.29, 0.717) is 31.2 Å². The molecule has 2 amide bonds. The van der Waals surface area contributed by atoms with Gasteiger partial charge in [-0.2, -0.15) is 0 Å². The molecule has 0 aliphatic rings. The summed E-state index contributed by atoms with van der Waals surface area (Å²) >= 11 is 0. The van der Waals surface area contributed by atoms with Crippen LogP contribution < -0.4 is 0 Å². The molecule has 0 atom stereocenters. The van der Waals surface area contributed by atoms with Crippen LogP contribution in [0, 0.1) is 18.6 Å². The fraction of sp³-hybridized carbons (Fsp3) is 0.333. The van der Waals surface area contributed by atoms with Crippen LogP contribution in [0.2, 0.25) is 0 Å². The number of nitrogens with zero attached hydrogens (tertiary/aromatic N) is 2. The molecule has 0 saturated heterocycles. The first-order valence-electron chi connectivity index (χ1n) is 11.6. The van der Waals surface area contributed by atoms with Crippen molar-refractivity contribution >= 4 is 11.8 Å². The summed E-state index contributed by atoms with van der Waals surface area (Å²) in [6.07, 6.45) is 0.525. The molecular formula is C27H30F2N2O4. The third-order valence-corrected chi connectivity index (χ3v) is 5.39. The lowest BCUT2D eigenvalue weighted by atomic mass is 10.1. The summed E-state index contributed by atoms with van der Waals surface area (Å²) in [6.45, 7) is 5.13. The van der Waals surface area contributed by atoms with Crippen molar-refractivity contribution in [3.05, 3.63) is 94.9 Å². The van der Waals surface area contributed by atoms with E-state index in [1.165, 1.54) is 35.2 Å². The standard InChI is InChI=1S/C27H30F2N2O4/c1-3-34-15-5-14-30(27(33)22-6-4-7-24(29)16-22)19-26(32)31(18-25-13-8-20(2)35-25)17-21-9-11-23(28)12-10-21/h4,6-13,16H,3,5,14-15,17-19H2,1-2H3. The van der Waals surface area contributed by atoms with Crippen LogP contribution in [0.4, 0.5) is 8.78 Å². The van der Waals surface area contributed by atoms with Crippen LogP contribution >= 0.6 is 0 Å². The van der Waals surface area contributed by atoms with Crippen molar-refractivity contribution in [2.45, 2.75) is 33.4 Å². The molecular weight excluding hydrogens is 454 g/mol. The second-order valence-electron chi connectivity index (χ2n) is 8.18. The monoisotopic (exact) mass is 484 g/mol. The molecule has 0 saturated carbocycles. The van der Waals surface area contributed by atoms with Crippen molar-refractivity contribution in [1.82, 2.24) is 9.80 Å². The van der Waals surface area contributed by atoms with Crippen LogP contribution in [-0.4, -0.2) is 47.9 Å². The second kappa shape index (κ2) is 12.8. The molecule has 0 radical (unpaired) electrons. The molecule has 2 aromatic carbocycles. The summed E-state index contributed by atoms with van der Waals surface area (Å²) < 4.78 is 38.2. The van der Waals surface area contributed by atoms with E-state index in [1.807, 2.05) is 19.9 Å². The maximum absolute atomic E-state index is 13.7. The maximum atomic E-state index is 13.7. The lowest BCUT2D eigenvalue weighted by Gasteiger charge is -2.27. The molecule has 1 aromatic heterocycles. The molecule has 0 fully saturated rings. The number of carbonyl (C=O) groups is 2. The zero-order valence-corrected chi connectivity index (χ0v) is 20.0. The van der Waals surface area contributed by atoms with Crippen LogP contribution in [0.3, 0.4) is 0 Å². The number of amides is 2. The van der Waals surface area contributed by atoms with Crippen LogP contribution in [-0.2, 0) is 22.6 Å². The zero-order valence-electron chi connectivity index (χ0n) is 20.0. The fourth-order valence-corrected chi connectivity index (χ4v) is 3.62. The van der Waals surface area contributed by atoms with Gasteiger partial charge in [0.1, 0.15) is 29.7 Å². The predicted octanol–water partition coefficient (Wildman–Crippen LogP) is 4.96. The molecule has 0 spiro atoms. The van der Waals surface area contributed by atoms with E-state index in [0.717, 1.165) is 11.6 Å². The van der Waals surface area contributed by atoms with Crippen LogP contribution in [0.15, 0.2) is 65.1 Å². The maximum Gasteiger partial charge on any atom is 0.254 e. The van der Waals surface area contributed by atoms with Gasteiger partial charge in [-0.05, 0) is 68.3 Å². The highest BCUT2D eigenvalue weighted by molar-refractivity contribution is 5.96. The van der Waals surface area contributed by atoms with Gasteiger partial charge in [-0.3, -0.25) is 9.59 Å². The molecule has 8 heteroatoms. The number of aryl methyl sites for hydroxylation is 1. The first-order valence-corrected chi connectivity index (χ1v) is 11.6. The molecule has 6 nitrogen and oxygen atoms in total. The van der Waals surface area contributed by atoms with Crippen LogP contribution in [0.25, 0.3) is 0 Å². The Bertz CT molecular complexity index is 1110. The van der Waals surface area contributed by atoms with Crippen LogP contribution in [0.1, 0.15) is 40.8 Å². The van der Waals surface area contributed by atoms with E-state index in [4.69, 9.17) is 9.15 Å². The number of benzene rings is 2. The number of carbonyl (C=O) groups excluding carboxylic acids is 2. The third-order valence-electron chi connectivity index (χ3n) is 5.39. The summed E-state index contributed by atoms with van der Waals surface area (Å²) in [5.41, 5.74) is 0.906. The van der Waals surface area contributed by atoms with E-state index in [2.05, 4.69) is 0 Å². The molecule has 1 heterocycles. The number of halogens is 2. The van der Waals surface area contributed by atoms with Gasteiger partial charge in [-0.25, -0.2) is 8.78 Å². The molecule has 0 N–H and O–H groups in total. The fourth-order valence-electron chi connectivity index (χ4n) is 3.62. The number of furan rings is 1. The van der Waals surface area contributed by atoms with E-state index in [-0.39, 0.29) is 43.5 Å². The average Bonchev–Trinajstić information content (AvgIpc) is 3.26. The molecule has 0 unspecified atom stereocenters. The Morgan fingerprint density at radius 2 is 1.71 bits per heavy atom. The van der Waals surface area contributed by atoms with Gasteiger partial charge in [0.15, 0.2) is 0 Å². The van der Waals surface area contributed by atoms with Crippen molar-refractivity contribution in [1.29, 1.82) is 0 Å². The van der Waals surface area contributed by atoms with Gasteiger partial charge in [0, 0.05) is 31.9 Å². The van der Waals surface area contributed by atoms with E-state index < -0.39 is 11.7 Å².